The quantitative estimate of drug-likeness (QED) is 0.876. The molecular weight excluding hydrogens is 271 g/mol. The highest BCUT2D eigenvalue weighted by molar-refractivity contribution is 6.30. The first-order valence-corrected chi connectivity index (χ1v) is 6.15. The van der Waals surface area contributed by atoms with E-state index in [1.54, 1.807) is 19.1 Å². The van der Waals surface area contributed by atoms with Crippen LogP contribution >= 0.6 is 24.0 Å². The molecule has 0 aliphatic heterocycles. The molecule has 1 amide bonds. The normalized spacial score (nSPS) is 13.3. The molecule has 0 spiro atoms. The maximum Gasteiger partial charge on any atom is 0.240 e. The average molecular weight is 291 g/mol. The van der Waals surface area contributed by atoms with Gasteiger partial charge in [0.25, 0.3) is 0 Å². The number of hydrogen-bond acceptors (Lipinski definition) is 2. The Morgan fingerprint density at radius 3 is 2.44 bits per heavy atom. The maximum absolute atomic E-state index is 11.8. The van der Waals surface area contributed by atoms with E-state index in [1.807, 2.05) is 19.1 Å². The van der Waals surface area contributed by atoms with Crippen LogP contribution in [0.4, 0.5) is 0 Å². The van der Waals surface area contributed by atoms with Gasteiger partial charge in [0.05, 0.1) is 5.54 Å². The fourth-order valence-electron chi connectivity index (χ4n) is 1.62. The highest BCUT2D eigenvalue weighted by atomic mass is 35.5. The van der Waals surface area contributed by atoms with E-state index >= 15 is 0 Å². The van der Waals surface area contributed by atoms with Crippen molar-refractivity contribution >= 4 is 29.9 Å². The number of hydrogen-bond donors (Lipinski definition) is 2. The number of carbonyl (C=O) groups is 1. The largest absolute Gasteiger partial charge is 0.350 e. The summed E-state index contributed by atoms with van der Waals surface area (Å²) in [6.07, 6.45) is 1.57. The van der Waals surface area contributed by atoms with Gasteiger partial charge in [0, 0.05) is 11.6 Å². The Hall–Kier alpha value is -0.770. The fourth-order valence-corrected chi connectivity index (χ4v) is 1.75. The van der Waals surface area contributed by atoms with Gasteiger partial charge < -0.3 is 11.1 Å². The summed E-state index contributed by atoms with van der Waals surface area (Å²) in [6.45, 7) is 4.25. The summed E-state index contributed by atoms with van der Waals surface area (Å²) in [6, 6.07) is 7.38. The van der Waals surface area contributed by atoms with Crippen molar-refractivity contribution in [2.45, 2.75) is 38.8 Å². The Kier molecular flexibility index (Phi) is 7.29. The van der Waals surface area contributed by atoms with Crippen LogP contribution < -0.4 is 11.1 Å². The van der Waals surface area contributed by atoms with Gasteiger partial charge in [0.1, 0.15) is 0 Å². The Morgan fingerprint density at radius 1 is 1.39 bits per heavy atom. The van der Waals surface area contributed by atoms with Gasteiger partial charge in [-0.05, 0) is 31.0 Å². The van der Waals surface area contributed by atoms with Crippen molar-refractivity contribution in [1.82, 2.24) is 5.32 Å². The van der Waals surface area contributed by atoms with E-state index in [-0.39, 0.29) is 18.3 Å². The fraction of sp³-hybridized carbons (Fsp3) is 0.462. The maximum atomic E-state index is 11.8. The zero-order valence-electron chi connectivity index (χ0n) is 10.7. The van der Waals surface area contributed by atoms with E-state index in [1.165, 1.54) is 0 Å². The zero-order chi connectivity index (χ0) is 12.9. The van der Waals surface area contributed by atoms with E-state index in [4.69, 9.17) is 17.3 Å². The van der Waals surface area contributed by atoms with Crippen molar-refractivity contribution in [2.24, 2.45) is 5.73 Å². The zero-order valence-corrected chi connectivity index (χ0v) is 12.3. The van der Waals surface area contributed by atoms with Crippen LogP contribution in [0.15, 0.2) is 24.3 Å². The first-order valence-electron chi connectivity index (χ1n) is 5.77. The third-order valence-corrected chi connectivity index (χ3v) is 2.91. The van der Waals surface area contributed by atoms with Crippen LogP contribution in [0.2, 0.25) is 5.02 Å². The molecule has 3 N–H and O–H groups in total. The summed E-state index contributed by atoms with van der Waals surface area (Å²) in [5.74, 6) is -0.116. The first-order chi connectivity index (χ1) is 7.95. The molecule has 5 heteroatoms. The summed E-state index contributed by atoms with van der Waals surface area (Å²) in [4.78, 5) is 11.8. The molecule has 1 rings (SSSR count). The molecule has 0 heterocycles. The molecule has 0 bridgehead atoms. The van der Waals surface area contributed by atoms with Crippen LogP contribution in [0.3, 0.4) is 0 Å². The summed E-state index contributed by atoms with van der Waals surface area (Å²) >= 11 is 5.78. The minimum Gasteiger partial charge on any atom is -0.350 e. The van der Waals surface area contributed by atoms with E-state index in [0.29, 0.717) is 18.0 Å². The van der Waals surface area contributed by atoms with E-state index in [9.17, 15) is 4.79 Å². The number of benzene rings is 1. The molecule has 18 heavy (non-hydrogen) atoms. The van der Waals surface area contributed by atoms with E-state index < -0.39 is 5.54 Å². The lowest BCUT2D eigenvalue weighted by atomic mass is 9.96. The molecule has 0 aliphatic rings. The third-order valence-electron chi connectivity index (χ3n) is 2.65. The summed E-state index contributed by atoms with van der Waals surface area (Å²) in [7, 11) is 0. The van der Waals surface area contributed by atoms with Crippen molar-refractivity contribution in [3.05, 3.63) is 34.9 Å². The lowest BCUT2D eigenvalue weighted by Crippen LogP contribution is -2.51. The first kappa shape index (κ1) is 17.2. The molecule has 1 aromatic rings. The molecule has 0 fully saturated rings. The summed E-state index contributed by atoms with van der Waals surface area (Å²) in [5, 5.41) is 3.53. The summed E-state index contributed by atoms with van der Waals surface area (Å²) < 4.78 is 0. The molecule has 0 saturated heterocycles. The van der Waals surface area contributed by atoms with Crippen LogP contribution in [0, 0.1) is 0 Å². The molecule has 3 nitrogen and oxygen atoms in total. The Bertz CT molecular complexity index is 377. The topological polar surface area (TPSA) is 55.1 Å². The van der Waals surface area contributed by atoms with Crippen molar-refractivity contribution in [3.63, 3.8) is 0 Å². The minimum absolute atomic E-state index is 0. The number of amides is 1. The number of halogens is 2. The smallest absolute Gasteiger partial charge is 0.240 e. The predicted molar refractivity (Wildman–Crippen MR) is 78.0 cm³/mol. The SMILES string of the molecule is CCCC(C)(N)C(=O)NCc1ccc(Cl)cc1.Cl. The molecular formula is C13H20Cl2N2O. The second-order valence-corrected chi connectivity index (χ2v) is 4.91. The number of rotatable bonds is 5. The lowest BCUT2D eigenvalue weighted by Gasteiger charge is -2.22. The molecule has 0 aliphatic carbocycles. The van der Waals surface area contributed by atoms with E-state index in [2.05, 4.69) is 5.32 Å². The van der Waals surface area contributed by atoms with Gasteiger partial charge in [0.2, 0.25) is 5.91 Å². The molecule has 0 saturated carbocycles. The standard InChI is InChI=1S/C13H19ClN2O.ClH/c1-3-8-13(2,15)12(17)16-9-10-4-6-11(14)7-5-10;/h4-7H,3,8-9,15H2,1-2H3,(H,16,17);1H. The van der Waals surface area contributed by atoms with Crippen LogP contribution in [0.25, 0.3) is 0 Å². The second-order valence-electron chi connectivity index (χ2n) is 4.48. The van der Waals surface area contributed by atoms with Gasteiger partial charge in [0.15, 0.2) is 0 Å². The average Bonchev–Trinajstić information content (AvgIpc) is 2.27. The van der Waals surface area contributed by atoms with Crippen molar-refractivity contribution < 1.29 is 4.79 Å². The predicted octanol–water partition coefficient (Wildman–Crippen LogP) is 2.90. The molecule has 1 unspecified atom stereocenters. The van der Waals surface area contributed by atoms with Gasteiger partial charge in [-0.25, -0.2) is 0 Å². The van der Waals surface area contributed by atoms with Crippen molar-refractivity contribution in [2.75, 3.05) is 0 Å². The van der Waals surface area contributed by atoms with E-state index in [0.717, 1.165) is 12.0 Å². The van der Waals surface area contributed by atoms with Crippen molar-refractivity contribution in [1.29, 1.82) is 0 Å². The van der Waals surface area contributed by atoms with Crippen LogP contribution in [0.1, 0.15) is 32.3 Å². The molecule has 0 radical (unpaired) electrons. The molecule has 102 valence electrons. The second kappa shape index (κ2) is 7.62. The van der Waals surface area contributed by atoms with Gasteiger partial charge in [-0.3, -0.25) is 4.79 Å². The van der Waals surface area contributed by atoms with Gasteiger partial charge in [-0.15, -0.1) is 12.4 Å². The van der Waals surface area contributed by atoms with Crippen LogP contribution in [-0.4, -0.2) is 11.4 Å². The van der Waals surface area contributed by atoms with Gasteiger partial charge in [-0.1, -0.05) is 37.1 Å². The summed E-state index contributed by atoms with van der Waals surface area (Å²) in [5.41, 5.74) is 6.14. The highest BCUT2D eigenvalue weighted by Gasteiger charge is 2.26. The Balaban J connectivity index is 0.00000289. The minimum atomic E-state index is -0.791. The van der Waals surface area contributed by atoms with Gasteiger partial charge >= 0.3 is 0 Å². The number of nitrogens with two attached hydrogens (primary N) is 1. The molecule has 1 atom stereocenters. The number of carbonyl (C=O) groups excluding carboxylic acids is 1. The Labute approximate surface area is 119 Å². The molecule has 0 aromatic heterocycles. The third kappa shape index (κ3) is 5.25. The van der Waals surface area contributed by atoms with Crippen molar-refractivity contribution in [3.8, 4) is 0 Å². The molecule has 1 aromatic carbocycles. The van der Waals surface area contributed by atoms with Crippen LogP contribution in [-0.2, 0) is 11.3 Å². The van der Waals surface area contributed by atoms with Gasteiger partial charge in [-0.2, -0.15) is 0 Å². The highest BCUT2D eigenvalue weighted by Crippen LogP contribution is 2.11. The lowest BCUT2D eigenvalue weighted by molar-refractivity contribution is -0.126. The number of nitrogens with one attached hydrogen (secondary N) is 1. The van der Waals surface area contributed by atoms with Crippen LogP contribution in [0.5, 0.6) is 0 Å². The Morgan fingerprint density at radius 2 is 1.94 bits per heavy atom. The monoisotopic (exact) mass is 290 g/mol.